The van der Waals surface area contributed by atoms with Crippen molar-refractivity contribution in [2.75, 3.05) is 0 Å². The quantitative estimate of drug-likeness (QED) is 0.776. The molecule has 3 amide bonds. The van der Waals surface area contributed by atoms with Crippen molar-refractivity contribution < 1.29 is 23.5 Å². The van der Waals surface area contributed by atoms with Gasteiger partial charge < -0.3 is 10.1 Å². The SMILES string of the molecule is C[C@@H](OC(=O)c1ccccc1F)C(=O)NC(=O)NC12CC3CC(CC(C3)C1)C2. The Bertz CT molecular complexity index is 774. The van der Waals surface area contributed by atoms with Crippen LogP contribution >= 0.6 is 0 Å². The van der Waals surface area contributed by atoms with Crippen LogP contribution in [0.15, 0.2) is 24.3 Å². The smallest absolute Gasteiger partial charge is 0.341 e. The van der Waals surface area contributed by atoms with Crippen molar-refractivity contribution in [3.63, 3.8) is 0 Å². The highest BCUT2D eigenvalue weighted by atomic mass is 19.1. The summed E-state index contributed by atoms with van der Waals surface area (Å²) in [6, 6.07) is 4.82. The largest absolute Gasteiger partial charge is 0.449 e. The standard InChI is InChI=1S/C21H25FN2O4/c1-12(28-19(26)16-4-2-3-5-17(16)22)18(25)23-20(27)24-21-9-13-6-14(10-21)8-15(7-13)11-21/h2-5,12-15H,6-11H2,1H3,(H2,23,24,25,27)/t12-,13?,14?,15?,21?/m1/s1. The molecule has 4 bridgehead atoms. The highest BCUT2D eigenvalue weighted by Gasteiger charge is 2.51. The van der Waals surface area contributed by atoms with Gasteiger partial charge >= 0.3 is 12.0 Å². The van der Waals surface area contributed by atoms with Crippen LogP contribution < -0.4 is 10.6 Å². The van der Waals surface area contributed by atoms with Crippen molar-refractivity contribution in [2.45, 2.75) is 57.1 Å². The Kier molecular flexibility index (Phi) is 4.85. The van der Waals surface area contributed by atoms with Crippen molar-refractivity contribution in [3.8, 4) is 0 Å². The van der Waals surface area contributed by atoms with E-state index in [1.54, 1.807) is 0 Å². The minimum absolute atomic E-state index is 0.216. The molecule has 0 radical (unpaired) electrons. The van der Waals surface area contributed by atoms with Gasteiger partial charge in [-0.25, -0.2) is 14.0 Å². The molecular formula is C21H25FN2O4. The van der Waals surface area contributed by atoms with Gasteiger partial charge in [0.2, 0.25) is 0 Å². The molecule has 6 nitrogen and oxygen atoms in total. The van der Waals surface area contributed by atoms with Crippen LogP contribution in [0.5, 0.6) is 0 Å². The minimum atomic E-state index is -1.21. The zero-order valence-electron chi connectivity index (χ0n) is 15.9. The number of ether oxygens (including phenoxy) is 1. The minimum Gasteiger partial charge on any atom is -0.449 e. The molecule has 1 aromatic carbocycles. The zero-order valence-corrected chi connectivity index (χ0v) is 15.9. The molecule has 0 saturated heterocycles. The van der Waals surface area contributed by atoms with Crippen LogP contribution in [-0.4, -0.2) is 29.6 Å². The summed E-state index contributed by atoms with van der Waals surface area (Å²) < 4.78 is 18.7. The van der Waals surface area contributed by atoms with Gasteiger partial charge in [-0.1, -0.05) is 12.1 Å². The topological polar surface area (TPSA) is 84.5 Å². The first kappa shape index (κ1) is 18.9. The number of urea groups is 1. The van der Waals surface area contributed by atoms with Crippen LogP contribution in [0.4, 0.5) is 9.18 Å². The van der Waals surface area contributed by atoms with Gasteiger partial charge in [-0.15, -0.1) is 0 Å². The number of hydrogen-bond acceptors (Lipinski definition) is 4. The molecule has 28 heavy (non-hydrogen) atoms. The zero-order chi connectivity index (χ0) is 19.9. The fourth-order valence-electron chi connectivity index (χ4n) is 5.65. The summed E-state index contributed by atoms with van der Waals surface area (Å²) in [6.07, 6.45) is 5.46. The molecule has 0 spiro atoms. The summed E-state index contributed by atoms with van der Waals surface area (Å²) in [4.78, 5) is 36.7. The number of halogens is 1. The fraction of sp³-hybridized carbons (Fsp3) is 0.571. The van der Waals surface area contributed by atoms with E-state index in [1.807, 2.05) is 0 Å². The van der Waals surface area contributed by atoms with Gasteiger partial charge in [0.25, 0.3) is 5.91 Å². The Morgan fingerprint density at radius 1 is 1.07 bits per heavy atom. The van der Waals surface area contributed by atoms with E-state index in [4.69, 9.17) is 4.74 Å². The highest BCUT2D eigenvalue weighted by molar-refractivity contribution is 5.98. The van der Waals surface area contributed by atoms with Gasteiger partial charge in [0.05, 0.1) is 5.56 Å². The van der Waals surface area contributed by atoms with Crippen LogP contribution in [-0.2, 0) is 9.53 Å². The molecule has 150 valence electrons. The summed E-state index contributed by atoms with van der Waals surface area (Å²) >= 11 is 0. The Balaban J connectivity index is 1.31. The summed E-state index contributed by atoms with van der Waals surface area (Å²) in [5, 5.41) is 5.30. The number of amides is 3. The van der Waals surface area contributed by atoms with Gasteiger partial charge in [-0.2, -0.15) is 0 Å². The molecule has 0 unspecified atom stereocenters. The van der Waals surface area contributed by atoms with E-state index in [9.17, 15) is 18.8 Å². The van der Waals surface area contributed by atoms with Crippen LogP contribution in [0.1, 0.15) is 55.8 Å². The van der Waals surface area contributed by atoms with Crippen LogP contribution in [0.25, 0.3) is 0 Å². The number of carbonyl (C=O) groups is 3. The molecule has 7 heteroatoms. The van der Waals surface area contributed by atoms with E-state index in [0.717, 1.165) is 25.3 Å². The van der Waals surface area contributed by atoms with Crippen molar-refractivity contribution in [3.05, 3.63) is 35.6 Å². The van der Waals surface area contributed by atoms with E-state index in [-0.39, 0.29) is 11.1 Å². The predicted octanol–water partition coefficient (Wildman–Crippen LogP) is 3.17. The average molecular weight is 388 g/mol. The second kappa shape index (κ2) is 7.18. The molecule has 0 heterocycles. The number of hydrogen-bond donors (Lipinski definition) is 2. The monoisotopic (exact) mass is 388 g/mol. The Hall–Kier alpha value is -2.44. The third-order valence-electron chi connectivity index (χ3n) is 6.40. The molecule has 4 fully saturated rings. The van der Waals surface area contributed by atoms with E-state index < -0.39 is 29.8 Å². The number of carbonyl (C=O) groups excluding carboxylic acids is 3. The lowest BCUT2D eigenvalue weighted by molar-refractivity contribution is -0.128. The molecule has 1 aromatic rings. The summed E-state index contributed by atoms with van der Waals surface area (Å²) in [5.41, 5.74) is -0.466. The Morgan fingerprint density at radius 2 is 1.64 bits per heavy atom. The Labute approximate surface area is 163 Å². The van der Waals surface area contributed by atoms with Crippen molar-refractivity contribution in [1.29, 1.82) is 0 Å². The lowest BCUT2D eigenvalue weighted by Gasteiger charge is -2.56. The average Bonchev–Trinajstić information content (AvgIpc) is 2.60. The summed E-state index contributed by atoms with van der Waals surface area (Å²) in [5.74, 6) is -0.387. The highest BCUT2D eigenvalue weighted by Crippen LogP contribution is 2.55. The Morgan fingerprint density at radius 3 is 2.21 bits per heavy atom. The van der Waals surface area contributed by atoms with Crippen LogP contribution in [0.2, 0.25) is 0 Å². The third-order valence-corrected chi connectivity index (χ3v) is 6.40. The molecule has 4 aliphatic carbocycles. The van der Waals surface area contributed by atoms with E-state index >= 15 is 0 Å². The van der Waals surface area contributed by atoms with Gasteiger partial charge in [-0.3, -0.25) is 10.1 Å². The molecule has 5 rings (SSSR count). The third kappa shape index (κ3) is 3.75. The second-order valence-corrected chi connectivity index (χ2v) is 8.67. The number of esters is 1. The molecule has 4 saturated carbocycles. The fourth-order valence-corrected chi connectivity index (χ4v) is 5.65. The first-order chi connectivity index (χ1) is 13.3. The maximum Gasteiger partial charge on any atom is 0.341 e. The van der Waals surface area contributed by atoms with Gasteiger partial charge in [0.1, 0.15) is 5.82 Å². The maximum absolute atomic E-state index is 13.7. The summed E-state index contributed by atoms with van der Waals surface area (Å²) in [7, 11) is 0. The molecule has 4 aliphatic rings. The maximum atomic E-state index is 13.7. The molecule has 1 atom stereocenters. The molecule has 0 aromatic heterocycles. The van der Waals surface area contributed by atoms with Gasteiger partial charge in [-0.05, 0) is 75.3 Å². The first-order valence-electron chi connectivity index (χ1n) is 9.92. The first-order valence-corrected chi connectivity index (χ1v) is 9.92. The lowest BCUT2D eigenvalue weighted by Crippen LogP contribution is -2.62. The lowest BCUT2D eigenvalue weighted by atomic mass is 9.53. The second-order valence-electron chi connectivity index (χ2n) is 8.67. The van der Waals surface area contributed by atoms with E-state index in [1.165, 1.54) is 44.4 Å². The molecule has 2 N–H and O–H groups in total. The van der Waals surface area contributed by atoms with Crippen molar-refractivity contribution >= 4 is 17.9 Å². The molecule has 0 aliphatic heterocycles. The van der Waals surface area contributed by atoms with E-state index in [2.05, 4.69) is 10.6 Å². The molecular weight excluding hydrogens is 363 g/mol. The van der Waals surface area contributed by atoms with Gasteiger partial charge in [0, 0.05) is 5.54 Å². The van der Waals surface area contributed by atoms with Crippen molar-refractivity contribution in [1.82, 2.24) is 10.6 Å². The van der Waals surface area contributed by atoms with Crippen LogP contribution in [0.3, 0.4) is 0 Å². The number of imide groups is 1. The number of nitrogens with one attached hydrogen (secondary N) is 2. The van der Waals surface area contributed by atoms with Crippen LogP contribution in [0, 0.1) is 23.6 Å². The predicted molar refractivity (Wildman–Crippen MR) is 98.9 cm³/mol. The van der Waals surface area contributed by atoms with E-state index in [0.29, 0.717) is 17.8 Å². The number of rotatable bonds is 4. The number of benzene rings is 1. The normalized spacial score (nSPS) is 31.1. The van der Waals surface area contributed by atoms with Gasteiger partial charge in [0.15, 0.2) is 6.10 Å². The summed E-state index contributed by atoms with van der Waals surface area (Å²) in [6.45, 7) is 1.35. The van der Waals surface area contributed by atoms with Crippen molar-refractivity contribution in [2.24, 2.45) is 17.8 Å².